The predicted molar refractivity (Wildman–Crippen MR) is 123 cm³/mol. The molecule has 178 valence electrons. The van der Waals surface area contributed by atoms with Crippen LogP contribution in [0.15, 0.2) is 39.8 Å². The number of fused-ring (bicyclic) bond motifs is 1. The van der Waals surface area contributed by atoms with Crippen LogP contribution in [0.1, 0.15) is 33.0 Å². The van der Waals surface area contributed by atoms with Gasteiger partial charge in [0.15, 0.2) is 0 Å². The first-order valence-electron chi connectivity index (χ1n) is 10.8. The van der Waals surface area contributed by atoms with E-state index in [-0.39, 0.29) is 42.3 Å². The summed E-state index contributed by atoms with van der Waals surface area (Å²) in [6, 6.07) is 8.42. The van der Waals surface area contributed by atoms with E-state index in [1.807, 2.05) is 12.1 Å². The zero-order chi connectivity index (χ0) is 24.2. The van der Waals surface area contributed by atoms with Gasteiger partial charge in [-0.1, -0.05) is 34.0 Å². The Kier molecular flexibility index (Phi) is 6.97. The van der Waals surface area contributed by atoms with E-state index in [0.29, 0.717) is 41.6 Å². The van der Waals surface area contributed by atoms with Crippen molar-refractivity contribution < 1.29 is 19.0 Å². The van der Waals surface area contributed by atoms with Crippen molar-refractivity contribution in [3.8, 4) is 5.75 Å². The molecule has 4 rings (SSSR count). The molecule has 1 aliphatic rings. The summed E-state index contributed by atoms with van der Waals surface area (Å²) in [5.74, 6) is -0.288. The Morgan fingerprint density at radius 1 is 1.18 bits per heavy atom. The van der Waals surface area contributed by atoms with Gasteiger partial charge in [0.25, 0.3) is 11.5 Å². The molecule has 1 aromatic carbocycles. The molecule has 1 aliphatic heterocycles. The fraction of sp³-hybridized carbons (Fsp3) is 0.348. The number of rotatable bonds is 6. The number of nitrogens with one attached hydrogen (secondary N) is 1. The van der Waals surface area contributed by atoms with Crippen LogP contribution in [0.4, 0.5) is 0 Å². The zero-order valence-corrected chi connectivity index (χ0v) is 19.6. The van der Waals surface area contributed by atoms with Gasteiger partial charge in [0, 0.05) is 42.8 Å². The van der Waals surface area contributed by atoms with Gasteiger partial charge in [-0.2, -0.15) is 0 Å². The molecule has 2 amide bonds. The van der Waals surface area contributed by atoms with Crippen molar-refractivity contribution in [3.63, 3.8) is 0 Å². The monoisotopic (exact) mass is 485 g/mol. The number of pyridine rings is 1. The zero-order valence-electron chi connectivity index (χ0n) is 18.8. The number of methoxy groups -OCH3 is 1. The lowest BCUT2D eigenvalue weighted by molar-refractivity contribution is -0.130. The van der Waals surface area contributed by atoms with Crippen LogP contribution in [0.2, 0.25) is 5.02 Å². The Balaban J connectivity index is 1.55. The number of hydrogen-bond acceptors (Lipinski definition) is 7. The van der Waals surface area contributed by atoms with Gasteiger partial charge in [-0.15, -0.1) is 0 Å². The lowest BCUT2D eigenvalue weighted by atomic mass is 10.1. The number of aromatic nitrogens is 3. The Bertz CT molecular complexity index is 1270. The lowest BCUT2D eigenvalue weighted by Gasteiger charge is -2.20. The van der Waals surface area contributed by atoms with Crippen LogP contribution >= 0.6 is 11.6 Å². The molecule has 0 saturated heterocycles. The third kappa shape index (κ3) is 4.96. The standard InChI is InChI=1S/C23H24ClN5O5/c1-14-17(27-34-26-14)13-25-23(32)22-18-7-8-28(9-10-29(18)21(31)12-19(22)33-2)20(30)11-15-3-5-16(24)6-4-15/h3-6,12H,7-11,13H2,1-2H3,(H,25,32). The van der Waals surface area contributed by atoms with Crippen LogP contribution < -0.4 is 15.6 Å². The minimum absolute atomic E-state index is 0.0600. The number of hydrogen-bond donors (Lipinski definition) is 1. The van der Waals surface area contributed by atoms with E-state index in [9.17, 15) is 14.4 Å². The molecule has 0 fully saturated rings. The molecule has 0 bridgehead atoms. The molecule has 0 radical (unpaired) electrons. The molecular weight excluding hydrogens is 462 g/mol. The van der Waals surface area contributed by atoms with Gasteiger partial charge in [-0.3, -0.25) is 14.4 Å². The van der Waals surface area contributed by atoms with Crippen molar-refractivity contribution in [1.29, 1.82) is 0 Å². The number of amides is 2. The smallest absolute Gasteiger partial charge is 0.257 e. The van der Waals surface area contributed by atoms with Gasteiger partial charge in [0.05, 0.1) is 20.1 Å². The molecule has 0 unspecified atom stereocenters. The molecule has 3 aromatic rings. The summed E-state index contributed by atoms with van der Waals surface area (Å²) in [7, 11) is 1.41. The van der Waals surface area contributed by atoms with Crippen molar-refractivity contribution >= 4 is 23.4 Å². The molecule has 1 N–H and O–H groups in total. The molecule has 0 aliphatic carbocycles. The molecule has 3 heterocycles. The van der Waals surface area contributed by atoms with Crippen LogP contribution in [0, 0.1) is 6.92 Å². The third-order valence-corrected chi connectivity index (χ3v) is 6.08. The highest BCUT2D eigenvalue weighted by molar-refractivity contribution is 6.30. The molecule has 0 spiro atoms. The summed E-state index contributed by atoms with van der Waals surface area (Å²) in [5, 5.41) is 10.9. The maximum absolute atomic E-state index is 13.1. The molecule has 34 heavy (non-hydrogen) atoms. The second-order valence-corrected chi connectivity index (χ2v) is 8.37. The summed E-state index contributed by atoms with van der Waals surface area (Å²) in [6.45, 7) is 2.84. The van der Waals surface area contributed by atoms with Crippen molar-refractivity contribution in [3.05, 3.63) is 73.9 Å². The van der Waals surface area contributed by atoms with Crippen LogP contribution in [0.25, 0.3) is 0 Å². The number of carbonyl (C=O) groups is 2. The second-order valence-electron chi connectivity index (χ2n) is 7.94. The summed E-state index contributed by atoms with van der Waals surface area (Å²) in [6.07, 6.45) is 0.552. The number of carbonyl (C=O) groups excluding carboxylic acids is 2. The molecule has 0 saturated carbocycles. The number of halogens is 1. The molecule has 11 heteroatoms. The van der Waals surface area contributed by atoms with Crippen LogP contribution in [0.5, 0.6) is 5.75 Å². The minimum atomic E-state index is -0.413. The molecule has 0 atom stereocenters. The normalized spacial score (nSPS) is 13.2. The second kappa shape index (κ2) is 10.1. The molecule has 2 aromatic heterocycles. The topological polar surface area (TPSA) is 120 Å². The van der Waals surface area contributed by atoms with Gasteiger partial charge in [-0.25, -0.2) is 4.63 Å². The van der Waals surface area contributed by atoms with Crippen LogP contribution in [0.3, 0.4) is 0 Å². The third-order valence-electron chi connectivity index (χ3n) is 5.82. The SMILES string of the molecule is COc1cc(=O)n2c(c1C(=O)NCc1nonc1C)CCN(C(=O)Cc1ccc(Cl)cc1)CC2. The maximum Gasteiger partial charge on any atom is 0.257 e. The summed E-state index contributed by atoms with van der Waals surface area (Å²) < 4.78 is 11.6. The lowest BCUT2D eigenvalue weighted by Crippen LogP contribution is -2.35. The molecule has 10 nitrogen and oxygen atoms in total. The average molecular weight is 486 g/mol. The predicted octanol–water partition coefficient (Wildman–Crippen LogP) is 1.76. The van der Waals surface area contributed by atoms with E-state index in [1.165, 1.54) is 17.7 Å². The summed E-state index contributed by atoms with van der Waals surface area (Å²) in [4.78, 5) is 40.5. The van der Waals surface area contributed by atoms with E-state index in [0.717, 1.165) is 5.56 Å². The van der Waals surface area contributed by atoms with E-state index < -0.39 is 5.91 Å². The Morgan fingerprint density at radius 2 is 1.94 bits per heavy atom. The Morgan fingerprint density at radius 3 is 2.62 bits per heavy atom. The highest BCUT2D eigenvalue weighted by atomic mass is 35.5. The Labute approximate surface area is 200 Å². The number of aryl methyl sites for hydroxylation is 1. The minimum Gasteiger partial charge on any atom is -0.496 e. The fourth-order valence-corrected chi connectivity index (χ4v) is 4.08. The molecular formula is C23H24ClN5O5. The van der Waals surface area contributed by atoms with Crippen molar-refractivity contribution in [2.75, 3.05) is 20.2 Å². The number of nitrogens with zero attached hydrogens (tertiary/aromatic N) is 4. The number of ether oxygens (including phenoxy) is 1. The van der Waals surface area contributed by atoms with Gasteiger partial charge in [0.2, 0.25) is 5.91 Å². The quantitative estimate of drug-likeness (QED) is 0.565. The maximum atomic E-state index is 13.1. The van der Waals surface area contributed by atoms with Gasteiger partial charge in [0.1, 0.15) is 22.7 Å². The highest BCUT2D eigenvalue weighted by Gasteiger charge is 2.27. The van der Waals surface area contributed by atoms with Crippen molar-refractivity contribution in [2.24, 2.45) is 0 Å². The summed E-state index contributed by atoms with van der Waals surface area (Å²) in [5.41, 5.74) is 2.44. The van der Waals surface area contributed by atoms with E-state index in [4.69, 9.17) is 16.3 Å². The van der Waals surface area contributed by atoms with E-state index in [1.54, 1.807) is 24.0 Å². The van der Waals surface area contributed by atoms with Gasteiger partial charge < -0.3 is 19.5 Å². The van der Waals surface area contributed by atoms with E-state index in [2.05, 4.69) is 20.3 Å². The van der Waals surface area contributed by atoms with Crippen LogP contribution in [-0.2, 0) is 30.7 Å². The Hall–Kier alpha value is -3.66. The highest BCUT2D eigenvalue weighted by Crippen LogP contribution is 2.23. The first kappa shape index (κ1) is 23.5. The fourth-order valence-electron chi connectivity index (χ4n) is 3.96. The average Bonchev–Trinajstić information content (AvgIpc) is 3.10. The van der Waals surface area contributed by atoms with Gasteiger partial charge in [-0.05, 0) is 24.6 Å². The van der Waals surface area contributed by atoms with Gasteiger partial charge >= 0.3 is 0 Å². The van der Waals surface area contributed by atoms with Crippen LogP contribution in [-0.4, -0.2) is 51.8 Å². The summed E-state index contributed by atoms with van der Waals surface area (Å²) >= 11 is 5.93. The number of benzene rings is 1. The largest absolute Gasteiger partial charge is 0.496 e. The first-order valence-corrected chi connectivity index (χ1v) is 11.1. The van der Waals surface area contributed by atoms with Crippen molar-refractivity contribution in [1.82, 2.24) is 25.1 Å². The first-order chi connectivity index (χ1) is 16.4. The van der Waals surface area contributed by atoms with Crippen molar-refractivity contribution in [2.45, 2.75) is 32.9 Å². The van der Waals surface area contributed by atoms with E-state index >= 15 is 0 Å².